The van der Waals surface area contributed by atoms with Gasteiger partial charge in [-0.25, -0.2) is 8.78 Å². The van der Waals surface area contributed by atoms with Gasteiger partial charge in [-0.05, 0) is 35.4 Å². The van der Waals surface area contributed by atoms with E-state index in [2.05, 4.69) is 5.32 Å². The van der Waals surface area contributed by atoms with Crippen LogP contribution in [-0.2, 0) is 22.4 Å². The Morgan fingerprint density at radius 3 is 2.40 bits per heavy atom. The molecule has 0 saturated heterocycles. The fourth-order valence-corrected chi connectivity index (χ4v) is 2.70. The van der Waals surface area contributed by atoms with Crippen LogP contribution in [0.2, 0.25) is 10.0 Å². The van der Waals surface area contributed by atoms with Crippen molar-refractivity contribution >= 4 is 35.0 Å². The highest BCUT2D eigenvalue weighted by molar-refractivity contribution is 6.35. The largest absolute Gasteiger partial charge is 0.368 e. The number of nitrogens with one attached hydrogen (secondary N) is 1. The standard InChI is InChI=1S/C17H14Cl2F2N2O2/c18-11-3-2-10(12(19)8-11)7-15(17(22)25)23-16(24)6-9-1-4-13(20)14(21)5-9/h1-5,8,15H,6-7H2,(H2,22,25)(H,23,24)/t15-/m1/s1. The number of hydrogen-bond acceptors (Lipinski definition) is 2. The number of nitrogens with two attached hydrogens (primary N) is 1. The molecule has 0 heterocycles. The lowest BCUT2D eigenvalue weighted by molar-refractivity contribution is -0.127. The van der Waals surface area contributed by atoms with Crippen LogP contribution in [0.15, 0.2) is 36.4 Å². The quantitative estimate of drug-likeness (QED) is 0.800. The van der Waals surface area contributed by atoms with Gasteiger partial charge in [-0.15, -0.1) is 0 Å². The zero-order chi connectivity index (χ0) is 18.6. The molecule has 0 aliphatic rings. The van der Waals surface area contributed by atoms with E-state index in [0.717, 1.165) is 12.1 Å². The molecule has 0 aliphatic carbocycles. The van der Waals surface area contributed by atoms with Gasteiger partial charge in [-0.2, -0.15) is 0 Å². The van der Waals surface area contributed by atoms with Crippen LogP contribution in [0.25, 0.3) is 0 Å². The number of hydrogen-bond donors (Lipinski definition) is 2. The molecule has 2 aromatic rings. The summed E-state index contributed by atoms with van der Waals surface area (Å²) in [5.74, 6) is -3.36. The predicted octanol–water partition coefficient (Wildman–Crippen LogP) is 3.03. The second-order valence-electron chi connectivity index (χ2n) is 5.39. The second-order valence-corrected chi connectivity index (χ2v) is 6.23. The fourth-order valence-electron chi connectivity index (χ4n) is 2.21. The SMILES string of the molecule is NC(=O)[C@@H](Cc1ccc(Cl)cc1Cl)NC(=O)Cc1ccc(F)c(F)c1. The summed E-state index contributed by atoms with van der Waals surface area (Å²) in [5, 5.41) is 3.25. The van der Waals surface area contributed by atoms with Gasteiger partial charge in [0.2, 0.25) is 11.8 Å². The van der Waals surface area contributed by atoms with Gasteiger partial charge in [0.15, 0.2) is 11.6 Å². The highest BCUT2D eigenvalue weighted by Crippen LogP contribution is 2.22. The third-order valence-electron chi connectivity index (χ3n) is 3.47. The van der Waals surface area contributed by atoms with Crippen molar-refractivity contribution in [2.24, 2.45) is 5.73 Å². The minimum atomic E-state index is -1.05. The van der Waals surface area contributed by atoms with Crippen molar-refractivity contribution in [1.82, 2.24) is 5.32 Å². The Balaban J connectivity index is 2.06. The van der Waals surface area contributed by atoms with Gasteiger partial charge in [-0.3, -0.25) is 9.59 Å². The average molecular weight is 387 g/mol. The summed E-state index contributed by atoms with van der Waals surface area (Å²) in [6.45, 7) is 0. The molecule has 0 bridgehead atoms. The van der Waals surface area contributed by atoms with Crippen LogP contribution >= 0.6 is 23.2 Å². The lowest BCUT2D eigenvalue weighted by atomic mass is 10.0. The van der Waals surface area contributed by atoms with E-state index >= 15 is 0 Å². The summed E-state index contributed by atoms with van der Waals surface area (Å²) in [7, 11) is 0. The van der Waals surface area contributed by atoms with Gasteiger partial charge in [-0.1, -0.05) is 35.3 Å². The highest BCUT2D eigenvalue weighted by atomic mass is 35.5. The molecule has 2 rings (SSSR count). The number of rotatable bonds is 6. The second kappa shape index (κ2) is 8.27. The molecule has 0 radical (unpaired) electrons. The molecule has 0 fully saturated rings. The molecule has 0 saturated carbocycles. The molecule has 3 N–H and O–H groups in total. The van der Waals surface area contributed by atoms with E-state index in [1.165, 1.54) is 12.1 Å². The van der Waals surface area contributed by atoms with Crippen molar-refractivity contribution < 1.29 is 18.4 Å². The molecule has 2 aromatic carbocycles. The number of amides is 2. The van der Waals surface area contributed by atoms with Crippen LogP contribution < -0.4 is 11.1 Å². The van der Waals surface area contributed by atoms with E-state index in [4.69, 9.17) is 28.9 Å². The van der Waals surface area contributed by atoms with Gasteiger partial charge in [0.05, 0.1) is 6.42 Å². The summed E-state index contributed by atoms with van der Waals surface area (Å²) in [5.41, 5.74) is 6.17. The minimum Gasteiger partial charge on any atom is -0.368 e. The molecule has 8 heteroatoms. The fraction of sp³-hybridized carbons (Fsp3) is 0.176. The molecule has 25 heavy (non-hydrogen) atoms. The molecule has 4 nitrogen and oxygen atoms in total. The van der Waals surface area contributed by atoms with Crippen LogP contribution in [0, 0.1) is 11.6 Å². The number of halogens is 4. The molecule has 0 aromatic heterocycles. The van der Waals surface area contributed by atoms with E-state index < -0.39 is 29.5 Å². The first-order chi connectivity index (χ1) is 11.8. The Bertz CT molecular complexity index is 815. The number of primary amides is 1. The number of carbonyl (C=O) groups excluding carboxylic acids is 2. The molecular weight excluding hydrogens is 373 g/mol. The Hall–Kier alpha value is -2.18. The monoisotopic (exact) mass is 386 g/mol. The summed E-state index contributed by atoms with van der Waals surface area (Å²) < 4.78 is 26.1. The average Bonchev–Trinajstić information content (AvgIpc) is 2.52. The summed E-state index contributed by atoms with van der Waals surface area (Å²) >= 11 is 11.9. The maximum absolute atomic E-state index is 13.2. The van der Waals surface area contributed by atoms with E-state index in [9.17, 15) is 18.4 Å². The Morgan fingerprint density at radius 2 is 1.80 bits per heavy atom. The summed E-state index contributed by atoms with van der Waals surface area (Å²) in [4.78, 5) is 23.7. The van der Waals surface area contributed by atoms with Crippen LogP contribution in [0.5, 0.6) is 0 Å². The summed E-state index contributed by atoms with van der Waals surface area (Å²) in [6.07, 6.45) is -0.149. The first kappa shape index (κ1) is 19.1. The molecule has 0 spiro atoms. The molecule has 0 unspecified atom stereocenters. The Morgan fingerprint density at radius 1 is 1.08 bits per heavy atom. The summed E-state index contributed by atoms with van der Waals surface area (Å²) in [6, 6.07) is 6.87. The Kier molecular flexibility index (Phi) is 6.33. The maximum Gasteiger partial charge on any atom is 0.240 e. The van der Waals surface area contributed by atoms with Crippen molar-refractivity contribution in [2.45, 2.75) is 18.9 Å². The first-order valence-electron chi connectivity index (χ1n) is 7.23. The normalized spacial score (nSPS) is 11.8. The van der Waals surface area contributed by atoms with Crippen molar-refractivity contribution in [3.63, 3.8) is 0 Å². The van der Waals surface area contributed by atoms with Gasteiger partial charge in [0.1, 0.15) is 6.04 Å². The third kappa shape index (κ3) is 5.41. The van der Waals surface area contributed by atoms with Crippen molar-refractivity contribution in [3.05, 3.63) is 69.2 Å². The number of benzene rings is 2. The molecule has 2 amide bonds. The molecule has 132 valence electrons. The van der Waals surface area contributed by atoms with Crippen LogP contribution in [0.4, 0.5) is 8.78 Å². The zero-order valence-corrected chi connectivity index (χ0v) is 14.4. The van der Waals surface area contributed by atoms with Crippen molar-refractivity contribution in [1.29, 1.82) is 0 Å². The van der Waals surface area contributed by atoms with Crippen LogP contribution in [-0.4, -0.2) is 17.9 Å². The first-order valence-corrected chi connectivity index (χ1v) is 7.98. The lowest BCUT2D eigenvalue weighted by Gasteiger charge is -2.16. The zero-order valence-electron chi connectivity index (χ0n) is 12.9. The number of carbonyl (C=O) groups is 2. The Labute approximate surface area is 152 Å². The smallest absolute Gasteiger partial charge is 0.240 e. The predicted molar refractivity (Wildman–Crippen MR) is 91.4 cm³/mol. The van der Waals surface area contributed by atoms with Crippen LogP contribution in [0.1, 0.15) is 11.1 Å². The van der Waals surface area contributed by atoms with Crippen molar-refractivity contribution in [2.75, 3.05) is 0 Å². The van der Waals surface area contributed by atoms with Crippen LogP contribution in [0.3, 0.4) is 0 Å². The van der Waals surface area contributed by atoms with E-state index in [-0.39, 0.29) is 18.4 Å². The topological polar surface area (TPSA) is 72.2 Å². The van der Waals surface area contributed by atoms with E-state index in [1.54, 1.807) is 12.1 Å². The van der Waals surface area contributed by atoms with Gasteiger partial charge >= 0.3 is 0 Å². The van der Waals surface area contributed by atoms with E-state index in [0.29, 0.717) is 15.6 Å². The van der Waals surface area contributed by atoms with E-state index in [1.807, 2.05) is 0 Å². The molecule has 0 aliphatic heterocycles. The van der Waals surface area contributed by atoms with Gasteiger partial charge < -0.3 is 11.1 Å². The van der Waals surface area contributed by atoms with Crippen molar-refractivity contribution in [3.8, 4) is 0 Å². The molecular formula is C17H14Cl2F2N2O2. The highest BCUT2D eigenvalue weighted by Gasteiger charge is 2.20. The lowest BCUT2D eigenvalue weighted by Crippen LogP contribution is -2.46. The van der Waals surface area contributed by atoms with Gasteiger partial charge in [0.25, 0.3) is 0 Å². The minimum absolute atomic E-state index is 0.0782. The van der Waals surface area contributed by atoms with Gasteiger partial charge in [0, 0.05) is 16.5 Å². The third-order valence-corrected chi connectivity index (χ3v) is 4.05. The maximum atomic E-state index is 13.2. The molecule has 1 atom stereocenters.